The van der Waals surface area contributed by atoms with Gasteiger partial charge in [0.1, 0.15) is 25.0 Å². The summed E-state index contributed by atoms with van der Waals surface area (Å²) < 4.78 is 42.9. The van der Waals surface area contributed by atoms with Crippen LogP contribution in [-0.2, 0) is 38.8 Å². The van der Waals surface area contributed by atoms with Crippen molar-refractivity contribution < 1.29 is 34.2 Å². The van der Waals surface area contributed by atoms with Gasteiger partial charge in [0.2, 0.25) is 17.7 Å². The third-order valence-electron chi connectivity index (χ3n) is 5.99. The Morgan fingerprint density at radius 1 is 1.12 bits per heavy atom. The second kappa shape index (κ2) is 9.26. The summed E-state index contributed by atoms with van der Waals surface area (Å²) in [4.78, 5) is 52.5. The highest BCUT2D eigenvalue weighted by Gasteiger charge is 2.40. The average Bonchev–Trinajstić information content (AvgIpc) is 3.24. The van der Waals surface area contributed by atoms with E-state index < -0.39 is 36.5 Å². The first kappa shape index (κ1) is 17.7. The molecule has 0 aliphatic carbocycles. The lowest BCUT2D eigenvalue weighted by Gasteiger charge is -2.29. The Bertz CT molecular complexity index is 1300. The van der Waals surface area contributed by atoms with E-state index in [0.717, 1.165) is 16.0 Å². The molecule has 5 rings (SSSR count). The van der Waals surface area contributed by atoms with Gasteiger partial charge in [0.25, 0.3) is 5.91 Å². The molecule has 4 amide bonds. The molecule has 0 bridgehead atoms. The number of carbonyl (C=O) groups excluding carboxylic acids is 4. The van der Waals surface area contributed by atoms with Crippen LogP contribution in [0.25, 0.3) is 0 Å². The number of fused-ring (bicyclic) bond motifs is 1. The number of amides is 4. The van der Waals surface area contributed by atoms with Crippen molar-refractivity contribution in [3.05, 3.63) is 64.7 Å². The van der Waals surface area contributed by atoms with E-state index in [1.54, 1.807) is 23.1 Å². The Labute approximate surface area is 202 Å². The molecule has 3 aliphatic rings. The molecule has 34 heavy (non-hydrogen) atoms. The molecule has 2 aromatic rings. The molecule has 9 nitrogen and oxygen atoms in total. The molecule has 0 radical (unpaired) electrons. The Balaban J connectivity index is 1.28. The first-order valence-corrected chi connectivity index (χ1v) is 10.9. The highest BCUT2D eigenvalue weighted by molar-refractivity contribution is 6.05. The normalized spacial score (nSPS) is 26.1. The molecule has 1 N–H and O–H groups in total. The highest BCUT2D eigenvalue weighted by atomic mass is 16.5. The lowest BCUT2D eigenvalue weighted by molar-refractivity contribution is -0.143. The maximum atomic E-state index is 13.1. The van der Waals surface area contributed by atoms with Crippen LogP contribution >= 0.6 is 0 Å². The van der Waals surface area contributed by atoms with Crippen LogP contribution in [0.4, 0.5) is 0 Å². The van der Waals surface area contributed by atoms with Crippen molar-refractivity contribution in [3.8, 4) is 5.75 Å². The van der Waals surface area contributed by atoms with E-state index in [2.05, 4.69) is 0 Å². The van der Waals surface area contributed by atoms with E-state index in [9.17, 15) is 19.2 Å². The van der Waals surface area contributed by atoms with Crippen LogP contribution in [0, 0.1) is 0 Å². The van der Waals surface area contributed by atoms with Crippen LogP contribution in [0.1, 0.15) is 43.9 Å². The number of benzene rings is 2. The highest BCUT2D eigenvalue weighted by Crippen LogP contribution is 2.34. The first-order chi connectivity index (χ1) is 18.1. The van der Waals surface area contributed by atoms with E-state index in [1.807, 2.05) is 24.3 Å². The van der Waals surface area contributed by atoms with Crippen LogP contribution in [-0.4, -0.2) is 59.2 Å². The summed E-state index contributed by atoms with van der Waals surface area (Å²) in [5.41, 5.74) is 2.55. The maximum Gasteiger partial charge on any atom is 0.255 e. The molecule has 2 aromatic carbocycles. The smallest absolute Gasteiger partial charge is 0.255 e. The number of rotatable bonds is 6. The first-order valence-electron chi connectivity index (χ1n) is 12.9. The maximum absolute atomic E-state index is 13.1. The summed E-state index contributed by atoms with van der Waals surface area (Å²) in [5, 5.41) is -0.0952. The average molecular weight is 468 g/mol. The van der Waals surface area contributed by atoms with E-state index in [-0.39, 0.29) is 36.5 Å². The molecule has 2 atom stereocenters. The second-order valence-corrected chi connectivity index (χ2v) is 8.20. The van der Waals surface area contributed by atoms with Crippen molar-refractivity contribution in [2.24, 2.45) is 0 Å². The van der Waals surface area contributed by atoms with Gasteiger partial charge < -0.3 is 19.3 Å². The minimum atomic E-state index is -2.80. The van der Waals surface area contributed by atoms with Gasteiger partial charge in [-0.3, -0.25) is 24.5 Å². The van der Waals surface area contributed by atoms with Crippen molar-refractivity contribution in [3.63, 3.8) is 0 Å². The van der Waals surface area contributed by atoms with Gasteiger partial charge in [-0.05, 0) is 29.7 Å². The predicted octanol–water partition coefficient (Wildman–Crippen LogP) is 1.39. The molecule has 0 aromatic heterocycles. The zero-order valence-electron chi connectivity index (χ0n) is 22.2. The summed E-state index contributed by atoms with van der Waals surface area (Å²) >= 11 is 0. The summed E-state index contributed by atoms with van der Waals surface area (Å²) in [7, 11) is 0. The van der Waals surface area contributed by atoms with E-state index >= 15 is 0 Å². The Morgan fingerprint density at radius 2 is 1.91 bits per heavy atom. The monoisotopic (exact) mass is 467 g/mol. The predicted molar refractivity (Wildman–Crippen MR) is 119 cm³/mol. The van der Waals surface area contributed by atoms with Crippen molar-refractivity contribution in [2.75, 3.05) is 19.8 Å². The summed E-state index contributed by atoms with van der Waals surface area (Å²) in [6.45, 7) is 1.71. The Hall–Kier alpha value is -3.72. The van der Waals surface area contributed by atoms with Crippen molar-refractivity contribution in [1.29, 1.82) is 0 Å². The largest absolute Gasteiger partial charge is 0.489 e. The van der Waals surface area contributed by atoms with Crippen LogP contribution in [0.3, 0.4) is 0 Å². The second-order valence-electron chi connectivity index (χ2n) is 8.20. The Kier molecular flexibility index (Phi) is 4.83. The van der Waals surface area contributed by atoms with Gasteiger partial charge in [-0.25, -0.2) is 0 Å². The minimum Gasteiger partial charge on any atom is -0.489 e. The molecule has 2 unspecified atom stereocenters. The van der Waals surface area contributed by atoms with E-state index in [0.29, 0.717) is 31.0 Å². The fourth-order valence-corrected chi connectivity index (χ4v) is 4.17. The van der Waals surface area contributed by atoms with Crippen molar-refractivity contribution >= 4 is 23.6 Å². The molecular weight excluding hydrogens is 438 g/mol. The molecule has 2 saturated heterocycles. The lowest BCUT2D eigenvalue weighted by atomic mass is 10.0. The van der Waals surface area contributed by atoms with Gasteiger partial charge >= 0.3 is 0 Å². The quantitative estimate of drug-likeness (QED) is 0.644. The number of piperidine rings is 1. The number of carbonyl (C=O) groups is 4. The van der Waals surface area contributed by atoms with Gasteiger partial charge in [-0.15, -0.1) is 0 Å². The van der Waals surface area contributed by atoms with Crippen LogP contribution < -0.4 is 10.0 Å². The van der Waals surface area contributed by atoms with E-state index in [4.69, 9.17) is 15.0 Å². The molecular formula is C25H25N3O6. The van der Waals surface area contributed by atoms with E-state index in [1.165, 1.54) is 0 Å². The number of nitrogens with one attached hydrogen (secondary N) is 1. The molecule has 0 spiro atoms. The topological polar surface area (TPSA) is 105 Å². The van der Waals surface area contributed by atoms with Crippen molar-refractivity contribution in [1.82, 2.24) is 15.1 Å². The minimum absolute atomic E-state index is 0.0463. The zero-order valence-corrected chi connectivity index (χ0v) is 18.2. The molecule has 9 heteroatoms. The third kappa shape index (κ3) is 4.38. The third-order valence-corrected chi connectivity index (χ3v) is 5.99. The van der Waals surface area contributed by atoms with Crippen LogP contribution in [0.15, 0.2) is 42.5 Å². The number of nitrogens with zero attached hydrogens (tertiary/aromatic N) is 2. The SMILES string of the molecule is [2H]C1C(N2Cc3c(OCc4ccc(CN5CCOCC5=O)cc4)cccc3C2=O)C(=O)N([2H])C(=O)C1([2H])[2H]. The molecule has 0 saturated carbocycles. The number of morpholine rings is 1. The summed E-state index contributed by atoms with van der Waals surface area (Å²) in [5.74, 6) is -2.79. The molecule has 3 aliphatic heterocycles. The molecule has 176 valence electrons. The van der Waals surface area contributed by atoms with Gasteiger partial charge in [0, 0.05) is 34.7 Å². The van der Waals surface area contributed by atoms with Gasteiger partial charge in [0.15, 0.2) is 1.41 Å². The van der Waals surface area contributed by atoms with Crippen molar-refractivity contribution in [2.45, 2.75) is 38.5 Å². The number of imide groups is 1. The zero-order chi connectivity index (χ0) is 27.2. The standard InChI is InChI=1S/C25H25N3O6/c29-22-9-8-20(24(31)26-22)28-13-19-18(25(28)32)2-1-3-21(19)34-14-17-6-4-16(5-7-17)12-27-10-11-33-15-23(27)30/h1-7,20H,8-15H2,(H,26,29,31)/i8D,9D2/hD. The van der Waals surface area contributed by atoms with Gasteiger partial charge in [0.05, 0.1) is 13.2 Å². The lowest BCUT2D eigenvalue weighted by Crippen LogP contribution is -2.52. The molecule has 2 fully saturated rings. The van der Waals surface area contributed by atoms with Gasteiger partial charge in [-0.1, -0.05) is 30.3 Å². The molecule has 3 heterocycles. The summed E-state index contributed by atoms with van der Waals surface area (Å²) in [6.07, 6.45) is -4.67. The number of hydrogen-bond donors (Lipinski definition) is 1. The summed E-state index contributed by atoms with van der Waals surface area (Å²) in [6, 6.07) is 10.8. The fourth-order valence-electron chi connectivity index (χ4n) is 4.17. The fraction of sp³-hybridized carbons (Fsp3) is 0.360. The number of hydrogen-bond acceptors (Lipinski definition) is 6. The Morgan fingerprint density at radius 3 is 2.71 bits per heavy atom. The van der Waals surface area contributed by atoms with Crippen LogP contribution in [0.2, 0.25) is 1.41 Å². The van der Waals surface area contributed by atoms with Crippen LogP contribution in [0.5, 0.6) is 5.75 Å². The van der Waals surface area contributed by atoms with Gasteiger partial charge in [-0.2, -0.15) is 0 Å². The number of ether oxygens (including phenoxy) is 2.